The highest BCUT2D eigenvalue weighted by Crippen LogP contribution is 2.27. The molecule has 6 nitrogen and oxygen atoms in total. The van der Waals surface area contributed by atoms with Crippen molar-refractivity contribution in [2.24, 2.45) is 0 Å². The molecule has 0 aliphatic carbocycles. The van der Waals surface area contributed by atoms with Gasteiger partial charge in [0.2, 0.25) is 10.0 Å². The van der Waals surface area contributed by atoms with E-state index >= 15 is 0 Å². The quantitative estimate of drug-likeness (QED) is 0.448. The predicted octanol–water partition coefficient (Wildman–Crippen LogP) is 4.39. The largest absolute Gasteiger partial charge is 0.492 e. The number of sulfonamides is 1. The lowest BCUT2D eigenvalue weighted by molar-refractivity contribution is 0.0947. The Kier molecular flexibility index (Phi) is 7.88. The van der Waals surface area contributed by atoms with Crippen molar-refractivity contribution in [2.45, 2.75) is 6.54 Å². The van der Waals surface area contributed by atoms with Crippen molar-refractivity contribution in [3.63, 3.8) is 0 Å². The van der Waals surface area contributed by atoms with Gasteiger partial charge < -0.3 is 10.1 Å². The Hall–Kier alpha value is -3.17. The minimum Gasteiger partial charge on any atom is -0.492 e. The minimum absolute atomic E-state index is 0.253. The number of nitrogens with one attached hydrogen (secondary N) is 1. The summed E-state index contributed by atoms with van der Waals surface area (Å²) in [5.74, 6) is -1.70. The minimum atomic E-state index is -3.98. The third kappa shape index (κ3) is 6.66. The highest BCUT2D eigenvalue weighted by atomic mass is 35.5. The fraction of sp³-hybridized carbons (Fsp3) is 0.174. The Morgan fingerprint density at radius 3 is 2.18 bits per heavy atom. The second-order valence-electron chi connectivity index (χ2n) is 7.10. The highest BCUT2D eigenvalue weighted by Gasteiger charge is 2.24. The molecule has 0 fully saturated rings. The van der Waals surface area contributed by atoms with Gasteiger partial charge in [-0.2, -0.15) is 0 Å². The molecule has 0 saturated heterocycles. The number of ether oxygens (including phenoxy) is 1. The zero-order chi connectivity index (χ0) is 24.0. The molecule has 0 aromatic heterocycles. The summed E-state index contributed by atoms with van der Waals surface area (Å²) >= 11 is 5.81. The summed E-state index contributed by atoms with van der Waals surface area (Å²) in [5.41, 5.74) is 0.140. The van der Waals surface area contributed by atoms with Crippen LogP contribution in [0.15, 0.2) is 66.7 Å². The van der Waals surface area contributed by atoms with Crippen LogP contribution in [0.1, 0.15) is 15.9 Å². The number of rotatable bonds is 9. The van der Waals surface area contributed by atoms with Crippen molar-refractivity contribution in [2.75, 3.05) is 23.7 Å². The molecule has 1 N–H and O–H groups in total. The van der Waals surface area contributed by atoms with Gasteiger partial charge in [0.25, 0.3) is 5.91 Å². The number of carbonyl (C=O) groups is 1. The first-order valence-electron chi connectivity index (χ1n) is 9.82. The highest BCUT2D eigenvalue weighted by molar-refractivity contribution is 7.92. The van der Waals surface area contributed by atoms with Crippen LogP contribution in [0.3, 0.4) is 0 Å². The summed E-state index contributed by atoms with van der Waals surface area (Å²) in [4.78, 5) is 12.3. The lowest BCUT2D eigenvalue weighted by Crippen LogP contribution is -2.31. The average molecular weight is 495 g/mol. The SMILES string of the molecule is CS(=O)(=O)N(Cc1ccc(C(=O)NCCOc2ccc(Cl)cc2)cc1)c1c(F)cccc1F. The Morgan fingerprint density at radius 2 is 1.61 bits per heavy atom. The van der Waals surface area contributed by atoms with Crippen LogP contribution in [0, 0.1) is 11.6 Å². The summed E-state index contributed by atoms with van der Waals surface area (Å²) in [6.45, 7) is 0.216. The van der Waals surface area contributed by atoms with Gasteiger partial charge in [-0.1, -0.05) is 29.8 Å². The third-order valence-electron chi connectivity index (χ3n) is 4.60. The lowest BCUT2D eigenvalue weighted by Gasteiger charge is -2.23. The molecule has 0 bridgehead atoms. The Morgan fingerprint density at radius 1 is 1.00 bits per heavy atom. The normalized spacial score (nSPS) is 11.2. The van der Waals surface area contributed by atoms with Crippen LogP contribution >= 0.6 is 11.6 Å². The van der Waals surface area contributed by atoms with E-state index in [4.69, 9.17) is 16.3 Å². The van der Waals surface area contributed by atoms with Gasteiger partial charge in [0.1, 0.15) is 18.0 Å². The number of hydrogen-bond acceptors (Lipinski definition) is 4. The number of benzene rings is 3. The molecule has 1 amide bonds. The van der Waals surface area contributed by atoms with Gasteiger partial charge in [0.05, 0.1) is 19.3 Å². The van der Waals surface area contributed by atoms with Crippen molar-refractivity contribution in [3.05, 3.63) is 94.5 Å². The molecule has 0 atom stereocenters. The molecule has 10 heteroatoms. The summed E-state index contributed by atoms with van der Waals surface area (Å²) < 4.78 is 58.9. The van der Waals surface area contributed by atoms with Crippen LogP contribution in [0.2, 0.25) is 5.02 Å². The van der Waals surface area contributed by atoms with E-state index in [0.717, 1.165) is 24.5 Å². The van der Waals surface area contributed by atoms with Crippen LogP contribution < -0.4 is 14.4 Å². The molecular weight excluding hydrogens is 474 g/mol. The first-order valence-corrected chi connectivity index (χ1v) is 12.0. The van der Waals surface area contributed by atoms with E-state index in [1.807, 2.05) is 0 Å². The predicted molar refractivity (Wildman–Crippen MR) is 123 cm³/mol. The zero-order valence-electron chi connectivity index (χ0n) is 17.6. The second kappa shape index (κ2) is 10.6. The number of halogens is 3. The maximum atomic E-state index is 14.2. The van der Waals surface area contributed by atoms with Gasteiger partial charge in [-0.3, -0.25) is 9.10 Å². The van der Waals surface area contributed by atoms with Gasteiger partial charge in [-0.25, -0.2) is 17.2 Å². The Balaban J connectivity index is 1.61. The van der Waals surface area contributed by atoms with Crippen molar-refractivity contribution in [1.82, 2.24) is 5.32 Å². The van der Waals surface area contributed by atoms with Crippen LogP contribution in [-0.4, -0.2) is 33.7 Å². The molecule has 0 radical (unpaired) electrons. The number of amides is 1. The monoisotopic (exact) mass is 494 g/mol. The van der Waals surface area contributed by atoms with Crippen LogP contribution in [0.4, 0.5) is 14.5 Å². The maximum absolute atomic E-state index is 14.2. The van der Waals surface area contributed by atoms with E-state index in [0.29, 0.717) is 26.2 Å². The van der Waals surface area contributed by atoms with Gasteiger partial charge in [-0.05, 0) is 54.1 Å². The second-order valence-corrected chi connectivity index (χ2v) is 9.44. The zero-order valence-corrected chi connectivity index (χ0v) is 19.2. The van der Waals surface area contributed by atoms with Crippen LogP contribution in [0.25, 0.3) is 0 Å². The summed E-state index contributed by atoms with van der Waals surface area (Å²) in [5, 5.41) is 3.31. The summed E-state index contributed by atoms with van der Waals surface area (Å²) in [6.07, 6.45) is 0.868. The molecule has 174 valence electrons. The fourth-order valence-electron chi connectivity index (χ4n) is 2.98. The smallest absolute Gasteiger partial charge is 0.251 e. The Labute approximate surface area is 195 Å². The molecule has 3 rings (SSSR count). The van der Waals surface area contributed by atoms with E-state index in [2.05, 4.69) is 5.32 Å². The molecule has 0 unspecified atom stereocenters. The van der Waals surface area contributed by atoms with Crippen molar-refractivity contribution in [3.8, 4) is 5.75 Å². The summed E-state index contributed by atoms with van der Waals surface area (Å²) in [6, 6.07) is 16.0. The number of hydrogen-bond donors (Lipinski definition) is 1. The van der Waals surface area contributed by atoms with Crippen molar-refractivity contribution >= 4 is 33.2 Å². The number of carbonyl (C=O) groups excluding carboxylic acids is 1. The third-order valence-corrected chi connectivity index (χ3v) is 5.96. The first-order chi connectivity index (χ1) is 15.6. The van der Waals surface area contributed by atoms with Crippen LogP contribution in [-0.2, 0) is 16.6 Å². The van der Waals surface area contributed by atoms with Crippen molar-refractivity contribution in [1.29, 1.82) is 0 Å². The maximum Gasteiger partial charge on any atom is 0.251 e. The van der Waals surface area contributed by atoms with E-state index < -0.39 is 27.3 Å². The molecule has 0 heterocycles. The van der Waals surface area contributed by atoms with Gasteiger partial charge >= 0.3 is 0 Å². The molecular formula is C23H21ClF2N2O4S. The van der Waals surface area contributed by atoms with E-state index in [9.17, 15) is 22.0 Å². The van der Waals surface area contributed by atoms with E-state index in [1.54, 1.807) is 24.3 Å². The molecule has 0 aliphatic rings. The molecule has 0 spiro atoms. The molecule has 0 aliphatic heterocycles. The lowest BCUT2D eigenvalue weighted by atomic mass is 10.1. The average Bonchev–Trinajstić information content (AvgIpc) is 2.77. The topological polar surface area (TPSA) is 75.7 Å². The first kappa shape index (κ1) is 24.5. The standard InChI is InChI=1S/C23H21ClF2N2O4S/c1-33(30,31)28(22-20(25)3-2-4-21(22)26)15-16-5-7-17(8-6-16)23(29)27-13-14-32-19-11-9-18(24)10-12-19/h2-12H,13-15H2,1H3,(H,27,29). The molecule has 3 aromatic carbocycles. The van der Waals surface area contributed by atoms with Crippen molar-refractivity contribution < 1.29 is 26.7 Å². The van der Waals surface area contributed by atoms with E-state index in [1.165, 1.54) is 24.3 Å². The molecule has 0 saturated carbocycles. The van der Waals surface area contributed by atoms with Crippen LogP contribution in [0.5, 0.6) is 5.75 Å². The molecule has 33 heavy (non-hydrogen) atoms. The fourth-order valence-corrected chi connectivity index (χ4v) is 4.00. The molecule has 3 aromatic rings. The van der Waals surface area contributed by atoms with Gasteiger partial charge in [-0.15, -0.1) is 0 Å². The number of nitrogens with zero attached hydrogens (tertiary/aromatic N) is 1. The van der Waals surface area contributed by atoms with Gasteiger partial charge in [0.15, 0.2) is 11.6 Å². The number of anilines is 1. The van der Waals surface area contributed by atoms with Gasteiger partial charge in [0, 0.05) is 10.6 Å². The van der Waals surface area contributed by atoms with E-state index in [-0.39, 0.29) is 25.6 Å². The number of para-hydroxylation sites is 1. The summed E-state index contributed by atoms with van der Waals surface area (Å²) in [7, 11) is -3.98. The Bertz CT molecular complexity index is 1200.